The molecule has 1 N–H and O–H groups in total. The Kier molecular flexibility index (Phi) is 6.38. The third-order valence-electron chi connectivity index (χ3n) is 5.83. The Bertz CT molecular complexity index is 1450. The summed E-state index contributed by atoms with van der Waals surface area (Å²) >= 11 is 0. The van der Waals surface area contributed by atoms with Crippen molar-refractivity contribution in [1.82, 2.24) is 24.4 Å². The van der Waals surface area contributed by atoms with Crippen molar-refractivity contribution < 1.29 is 23.6 Å². The summed E-state index contributed by atoms with van der Waals surface area (Å²) in [5.74, 6) is 0.323. The summed E-state index contributed by atoms with van der Waals surface area (Å²) in [6, 6.07) is 11.1. The Balaban J connectivity index is 1.32. The maximum absolute atomic E-state index is 13.0. The number of nitrogens with zero attached hydrogens (tertiary/aromatic N) is 5. The Morgan fingerprint density at radius 3 is 2.84 bits per heavy atom. The highest BCUT2D eigenvalue weighted by Crippen LogP contribution is 2.28. The van der Waals surface area contributed by atoms with Crippen LogP contribution in [-0.4, -0.2) is 61.7 Å². The molecule has 1 aliphatic heterocycles. The number of aryl methyl sites for hydroxylation is 1. The zero-order chi connectivity index (χ0) is 26.2. The summed E-state index contributed by atoms with van der Waals surface area (Å²) in [7, 11) is 0. The predicted molar refractivity (Wildman–Crippen MR) is 134 cm³/mol. The fourth-order valence-corrected chi connectivity index (χ4v) is 3.96. The van der Waals surface area contributed by atoms with Gasteiger partial charge in [-0.25, -0.2) is 9.78 Å². The standard InChI is InChI=1S/C26H28N6O5/c1-16-8-9-17(13-18(16)28-23(33)19-14-27-21-7-5-6-10-32(19)21)22-29-24(37-30-22)20-15-31(11-12-35-20)25(34)36-26(2,3)4/h5-10,13-14,20H,11-12,15H2,1-4H3,(H,28,33)/t20-/m1/s1. The van der Waals surface area contributed by atoms with Gasteiger partial charge in [0.25, 0.3) is 11.8 Å². The zero-order valence-electron chi connectivity index (χ0n) is 21.1. The van der Waals surface area contributed by atoms with Gasteiger partial charge in [0, 0.05) is 24.0 Å². The highest BCUT2D eigenvalue weighted by Gasteiger charge is 2.32. The monoisotopic (exact) mass is 504 g/mol. The lowest BCUT2D eigenvalue weighted by atomic mass is 10.1. The first kappa shape index (κ1) is 24.4. The van der Waals surface area contributed by atoms with Crippen molar-refractivity contribution in [2.45, 2.75) is 39.4 Å². The Labute approximate surface area is 213 Å². The number of nitrogens with one attached hydrogen (secondary N) is 1. The van der Waals surface area contributed by atoms with E-state index in [0.29, 0.717) is 41.6 Å². The van der Waals surface area contributed by atoms with E-state index in [1.54, 1.807) is 27.8 Å². The van der Waals surface area contributed by atoms with E-state index < -0.39 is 17.8 Å². The summed E-state index contributed by atoms with van der Waals surface area (Å²) in [4.78, 5) is 35.8. The first-order valence-corrected chi connectivity index (χ1v) is 12.0. The molecule has 37 heavy (non-hydrogen) atoms. The second-order valence-corrected chi connectivity index (χ2v) is 9.80. The average molecular weight is 505 g/mol. The van der Waals surface area contributed by atoms with Gasteiger partial charge < -0.3 is 24.2 Å². The largest absolute Gasteiger partial charge is 0.444 e. The molecule has 0 unspecified atom stereocenters. The van der Waals surface area contributed by atoms with Gasteiger partial charge in [0.15, 0.2) is 6.10 Å². The van der Waals surface area contributed by atoms with Crippen molar-refractivity contribution in [1.29, 1.82) is 0 Å². The highest BCUT2D eigenvalue weighted by atomic mass is 16.6. The summed E-state index contributed by atoms with van der Waals surface area (Å²) in [5, 5.41) is 7.06. The smallest absolute Gasteiger partial charge is 0.410 e. The van der Waals surface area contributed by atoms with Crippen LogP contribution in [-0.2, 0) is 9.47 Å². The van der Waals surface area contributed by atoms with Crippen molar-refractivity contribution in [2.75, 3.05) is 25.0 Å². The van der Waals surface area contributed by atoms with E-state index in [9.17, 15) is 9.59 Å². The highest BCUT2D eigenvalue weighted by molar-refractivity contribution is 6.04. The van der Waals surface area contributed by atoms with E-state index in [1.807, 2.05) is 58.0 Å². The van der Waals surface area contributed by atoms with Crippen LogP contribution in [0.4, 0.5) is 10.5 Å². The molecule has 2 amide bonds. The molecule has 4 heterocycles. The summed E-state index contributed by atoms with van der Waals surface area (Å²) < 4.78 is 18.5. The van der Waals surface area contributed by atoms with Crippen molar-refractivity contribution in [2.24, 2.45) is 0 Å². The van der Waals surface area contributed by atoms with Crippen molar-refractivity contribution in [3.05, 3.63) is 65.9 Å². The average Bonchev–Trinajstić information content (AvgIpc) is 3.52. The Morgan fingerprint density at radius 2 is 2.03 bits per heavy atom. The molecule has 1 saturated heterocycles. The van der Waals surface area contributed by atoms with Crippen LogP contribution in [0.15, 0.2) is 53.3 Å². The molecule has 4 aromatic rings. The topological polar surface area (TPSA) is 124 Å². The summed E-state index contributed by atoms with van der Waals surface area (Å²) in [6.07, 6.45) is 2.35. The van der Waals surface area contributed by atoms with E-state index in [-0.39, 0.29) is 18.3 Å². The number of rotatable bonds is 4. The van der Waals surface area contributed by atoms with Crippen LogP contribution in [0, 0.1) is 6.92 Å². The molecule has 0 spiro atoms. The molecule has 0 aliphatic carbocycles. The molecule has 11 nitrogen and oxygen atoms in total. The number of ether oxygens (including phenoxy) is 2. The molecule has 1 fully saturated rings. The fourth-order valence-electron chi connectivity index (χ4n) is 3.96. The maximum atomic E-state index is 13.0. The molecule has 1 aliphatic rings. The molecule has 0 bridgehead atoms. The third-order valence-corrected chi connectivity index (χ3v) is 5.83. The maximum Gasteiger partial charge on any atom is 0.410 e. The lowest BCUT2D eigenvalue weighted by Crippen LogP contribution is -2.44. The minimum Gasteiger partial charge on any atom is -0.444 e. The van der Waals surface area contributed by atoms with E-state index in [0.717, 1.165) is 5.56 Å². The molecule has 1 atom stereocenters. The predicted octanol–water partition coefficient (Wildman–Crippen LogP) is 4.25. The normalized spacial score (nSPS) is 16.1. The van der Waals surface area contributed by atoms with Crippen LogP contribution < -0.4 is 5.32 Å². The lowest BCUT2D eigenvalue weighted by Gasteiger charge is -2.32. The van der Waals surface area contributed by atoms with E-state index in [4.69, 9.17) is 14.0 Å². The molecular formula is C26H28N6O5. The summed E-state index contributed by atoms with van der Waals surface area (Å²) in [5.41, 5.74) is 2.67. The Morgan fingerprint density at radius 1 is 1.19 bits per heavy atom. The molecule has 11 heteroatoms. The number of anilines is 1. The second kappa shape index (κ2) is 9.66. The quantitative estimate of drug-likeness (QED) is 0.437. The van der Waals surface area contributed by atoms with Crippen LogP contribution in [0.25, 0.3) is 17.0 Å². The van der Waals surface area contributed by atoms with Gasteiger partial charge >= 0.3 is 6.09 Å². The van der Waals surface area contributed by atoms with Crippen LogP contribution in [0.2, 0.25) is 0 Å². The minimum atomic E-state index is -0.591. The minimum absolute atomic E-state index is 0.241. The number of hydrogen-bond acceptors (Lipinski definition) is 8. The number of imidazole rings is 1. The molecule has 0 radical (unpaired) electrons. The fraction of sp³-hybridized carbons (Fsp3) is 0.346. The number of amides is 2. The van der Waals surface area contributed by atoms with Gasteiger partial charge in [-0.05, 0) is 51.5 Å². The number of fused-ring (bicyclic) bond motifs is 1. The third kappa shape index (κ3) is 5.31. The van der Waals surface area contributed by atoms with Gasteiger partial charge in [-0.15, -0.1) is 0 Å². The number of hydrogen-bond donors (Lipinski definition) is 1. The van der Waals surface area contributed by atoms with Gasteiger partial charge in [-0.2, -0.15) is 4.98 Å². The molecule has 192 valence electrons. The van der Waals surface area contributed by atoms with E-state index >= 15 is 0 Å². The molecule has 5 rings (SSSR count). The van der Waals surface area contributed by atoms with E-state index in [2.05, 4.69) is 20.4 Å². The number of carbonyl (C=O) groups excluding carboxylic acids is 2. The van der Waals surface area contributed by atoms with Crippen molar-refractivity contribution >= 4 is 23.3 Å². The lowest BCUT2D eigenvalue weighted by molar-refractivity contribution is -0.0536. The number of pyridine rings is 1. The van der Waals surface area contributed by atoms with Crippen molar-refractivity contribution in [3.8, 4) is 11.4 Å². The number of morpholine rings is 1. The number of aromatic nitrogens is 4. The zero-order valence-corrected chi connectivity index (χ0v) is 21.1. The van der Waals surface area contributed by atoms with Gasteiger partial charge in [0.2, 0.25) is 5.82 Å². The Hall–Kier alpha value is -4.25. The first-order chi connectivity index (χ1) is 17.7. The van der Waals surface area contributed by atoms with Crippen molar-refractivity contribution in [3.63, 3.8) is 0 Å². The molecule has 3 aromatic heterocycles. The van der Waals surface area contributed by atoms with Crippen LogP contribution in [0.5, 0.6) is 0 Å². The van der Waals surface area contributed by atoms with Crippen LogP contribution in [0.3, 0.4) is 0 Å². The number of carbonyl (C=O) groups is 2. The van der Waals surface area contributed by atoms with E-state index in [1.165, 1.54) is 0 Å². The number of benzene rings is 1. The van der Waals surface area contributed by atoms with Gasteiger partial charge in [-0.3, -0.25) is 9.20 Å². The first-order valence-electron chi connectivity index (χ1n) is 12.0. The molecule has 1 aromatic carbocycles. The summed E-state index contributed by atoms with van der Waals surface area (Å²) in [6.45, 7) is 8.35. The van der Waals surface area contributed by atoms with Gasteiger partial charge in [0.05, 0.1) is 19.3 Å². The van der Waals surface area contributed by atoms with Gasteiger partial charge in [-0.1, -0.05) is 23.4 Å². The second-order valence-electron chi connectivity index (χ2n) is 9.80. The SMILES string of the molecule is Cc1ccc(-c2noc([C@H]3CN(C(=O)OC(C)(C)C)CCO3)n2)cc1NC(=O)c1cnc2ccccn12. The molecular weight excluding hydrogens is 476 g/mol. The van der Waals surface area contributed by atoms with Crippen LogP contribution in [0.1, 0.15) is 48.8 Å². The van der Waals surface area contributed by atoms with Crippen LogP contribution >= 0.6 is 0 Å². The van der Waals surface area contributed by atoms with Gasteiger partial charge in [0.1, 0.15) is 16.9 Å². The molecule has 0 saturated carbocycles.